The van der Waals surface area contributed by atoms with E-state index in [0.29, 0.717) is 18.5 Å². The summed E-state index contributed by atoms with van der Waals surface area (Å²) in [4.78, 5) is 24.3. The molecule has 3 rings (SSSR count). The molecule has 2 atom stereocenters. The molecule has 1 aliphatic heterocycles. The van der Waals surface area contributed by atoms with Gasteiger partial charge in [-0.25, -0.2) is 9.59 Å². The molecule has 0 radical (unpaired) electrons. The van der Waals surface area contributed by atoms with Gasteiger partial charge in [0, 0.05) is 6.42 Å². The van der Waals surface area contributed by atoms with E-state index in [0.717, 1.165) is 11.3 Å². The van der Waals surface area contributed by atoms with Gasteiger partial charge in [0.05, 0.1) is 18.4 Å². The van der Waals surface area contributed by atoms with E-state index in [9.17, 15) is 9.59 Å². The highest BCUT2D eigenvalue weighted by molar-refractivity contribution is 5.92. The SMILES string of the molecule is CC1CC(OC(=O)c2cnn(Cc3ccccc3)c2C(C)C)C(=O)O1. The topological polar surface area (TPSA) is 70.4 Å². The van der Waals surface area contributed by atoms with Crippen LogP contribution in [0.1, 0.15) is 54.7 Å². The lowest BCUT2D eigenvalue weighted by Gasteiger charge is -2.13. The van der Waals surface area contributed by atoms with E-state index in [1.54, 1.807) is 6.92 Å². The normalized spacial score (nSPS) is 19.9. The average molecular weight is 342 g/mol. The fraction of sp³-hybridized carbons (Fsp3) is 0.421. The molecule has 0 saturated carbocycles. The van der Waals surface area contributed by atoms with Crippen LogP contribution in [0.4, 0.5) is 0 Å². The third-order valence-corrected chi connectivity index (χ3v) is 4.20. The molecule has 1 fully saturated rings. The predicted octanol–water partition coefficient (Wildman–Crippen LogP) is 2.92. The Morgan fingerprint density at radius 2 is 2.08 bits per heavy atom. The minimum Gasteiger partial charge on any atom is -0.460 e. The van der Waals surface area contributed by atoms with E-state index in [1.807, 2.05) is 48.9 Å². The summed E-state index contributed by atoms with van der Waals surface area (Å²) in [6.45, 7) is 6.36. The Bertz CT molecular complexity index is 767. The monoisotopic (exact) mass is 342 g/mol. The number of hydrogen-bond acceptors (Lipinski definition) is 5. The number of rotatable bonds is 5. The van der Waals surface area contributed by atoms with Crippen LogP contribution in [0, 0.1) is 0 Å². The van der Waals surface area contributed by atoms with E-state index < -0.39 is 18.0 Å². The Balaban J connectivity index is 1.81. The summed E-state index contributed by atoms with van der Waals surface area (Å²) >= 11 is 0. The number of carbonyl (C=O) groups excluding carboxylic acids is 2. The summed E-state index contributed by atoms with van der Waals surface area (Å²) in [6, 6.07) is 9.92. The summed E-state index contributed by atoms with van der Waals surface area (Å²) in [6.07, 6.45) is 0.847. The Morgan fingerprint density at radius 1 is 1.36 bits per heavy atom. The molecule has 25 heavy (non-hydrogen) atoms. The molecule has 0 N–H and O–H groups in total. The molecule has 2 aromatic rings. The standard InChI is InChI=1S/C19H22N2O4/c1-12(2)17-15(18(22)25-16-9-13(3)24-19(16)23)10-20-21(17)11-14-7-5-4-6-8-14/h4-8,10,12-13,16H,9,11H2,1-3H3. The summed E-state index contributed by atoms with van der Waals surface area (Å²) < 4.78 is 12.2. The van der Waals surface area contributed by atoms with Crippen LogP contribution in [0.5, 0.6) is 0 Å². The molecule has 1 aliphatic rings. The zero-order valence-corrected chi connectivity index (χ0v) is 14.6. The Labute approximate surface area is 146 Å². The summed E-state index contributed by atoms with van der Waals surface area (Å²) in [5.74, 6) is -0.925. The molecule has 0 bridgehead atoms. The molecular formula is C19H22N2O4. The van der Waals surface area contributed by atoms with Gasteiger partial charge in [-0.05, 0) is 18.4 Å². The van der Waals surface area contributed by atoms with Gasteiger partial charge in [-0.2, -0.15) is 5.10 Å². The first-order valence-electron chi connectivity index (χ1n) is 8.46. The lowest BCUT2D eigenvalue weighted by atomic mass is 10.1. The van der Waals surface area contributed by atoms with Crippen molar-refractivity contribution < 1.29 is 19.1 Å². The van der Waals surface area contributed by atoms with Crippen molar-refractivity contribution in [2.75, 3.05) is 0 Å². The number of carbonyl (C=O) groups is 2. The first kappa shape index (κ1) is 17.2. The van der Waals surface area contributed by atoms with Crippen LogP contribution >= 0.6 is 0 Å². The highest BCUT2D eigenvalue weighted by Crippen LogP contribution is 2.24. The highest BCUT2D eigenvalue weighted by Gasteiger charge is 2.36. The molecular weight excluding hydrogens is 320 g/mol. The predicted molar refractivity (Wildman–Crippen MR) is 91.2 cm³/mol. The maximum Gasteiger partial charge on any atom is 0.347 e. The third kappa shape index (κ3) is 3.73. The smallest absolute Gasteiger partial charge is 0.347 e. The molecule has 1 aromatic heterocycles. The van der Waals surface area contributed by atoms with Crippen molar-refractivity contribution in [3.8, 4) is 0 Å². The zero-order chi connectivity index (χ0) is 18.0. The van der Waals surface area contributed by atoms with E-state index in [-0.39, 0.29) is 12.0 Å². The van der Waals surface area contributed by atoms with Gasteiger partial charge < -0.3 is 9.47 Å². The maximum absolute atomic E-state index is 12.6. The molecule has 1 aromatic carbocycles. The van der Waals surface area contributed by atoms with Gasteiger partial charge in [-0.1, -0.05) is 44.2 Å². The van der Waals surface area contributed by atoms with Crippen LogP contribution in [0.15, 0.2) is 36.5 Å². The van der Waals surface area contributed by atoms with Gasteiger partial charge in [0.1, 0.15) is 11.7 Å². The van der Waals surface area contributed by atoms with Crippen LogP contribution in [0.2, 0.25) is 0 Å². The Morgan fingerprint density at radius 3 is 2.68 bits per heavy atom. The van der Waals surface area contributed by atoms with Gasteiger partial charge in [0.2, 0.25) is 6.10 Å². The van der Waals surface area contributed by atoms with Crippen molar-refractivity contribution in [3.63, 3.8) is 0 Å². The van der Waals surface area contributed by atoms with Crippen LogP contribution < -0.4 is 0 Å². The Hall–Kier alpha value is -2.63. The molecule has 2 heterocycles. The van der Waals surface area contributed by atoms with Crippen molar-refractivity contribution in [2.24, 2.45) is 0 Å². The number of nitrogens with zero attached hydrogens (tertiary/aromatic N) is 2. The zero-order valence-electron chi connectivity index (χ0n) is 14.6. The molecule has 6 heteroatoms. The average Bonchev–Trinajstić information content (AvgIpc) is 3.11. The number of esters is 2. The number of hydrogen-bond donors (Lipinski definition) is 0. The molecule has 0 spiro atoms. The van der Waals surface area contributed by atoms with Crippen molar-refractivity contribution >= 4 is 11.9 Å². The van der Waals surface area contributed by atoms with Crippen molar-refractivity contribution in [1.82, 2.24) is 9.78 Å². The first-order valence-corrected chi connectivity index (χ1v) is 8.46. The number of aromatic nitrogens is 2. The summed E-state index contributed by atoms with van der Waals surface area (Å²) in [5, 5.41) is 4.36. The van der Waals surface area contributed by atoms with Crippen LogP contribution in [-0.4, -0.2) is 33.9 Å². The van der Waals surface area contributed by atoms with E-state index in [1.165, 1.54) is 6.20 Å². The fourth-order valence-corrected chi connectivity index (χ4v) is 3.05. The largest absolute Gasteiger partial charge is 0.460 e. The van der Waals surface area contributed by atoms with Crippen molar-refractivity contribution in [2.45, 2.75) is 51.9 Å². The van der Waals surface area contributed by atoms with Crippen LogP contribution in [-0.2, 0) is 20.8 Å². The van der Waals surface area contributed by atoms with Gasteiger partial charge >= 0.3 is 11.9 Å². The quantitative estimate of drug-likeness (QED) is 0.782. The Kier molecular flexibility index (Phi) is 4.88. The lowest BCUT2D eigenvalue weighted by Crippen LogP contribution is -2.23. The molecule has 6 nitrogen and oxygen atoms in total. The van der Waals surface area contributed by atoms with Gasteiger partial charge in [0.15, 0.2) is 0 Å². The number of cyclic esters (lactones) is 1. The minimum absolute atomic E-state index is 0.0863. The lowest BCUT2D eigenvalue weighted by molar-refractivity contribution is -0.147. The van der Waals surface area contributed by atoms with Crippen LogP contribution in [0.3, 0.4) is 0 Å². The summed E-state index contributed by atoms with van der Waals surface area (Å²) in [5.41, 5.74) is 2.30. The molecule has 0 amide bonds. The second-order valence-electron chi connectivity index (χ2n) is 6.62. The third-order valence-electron chi connectivity index (χ3n) is 4.20. The summed E-state index contributed by atoms with van der Waals surface area (Å²) in [7, 11) is 0. The second kappa shape index (κ2) is 7.09. The highest BCUT2D eigenvalue weighted by atomic mass is 16.6. The van der Waals surface area contributed by atoms with E-state index in [2.05, 4.69) is 5.10 Å². The number of ether oxygens (including phenoxy) is 2. The maximum atomic E-state index is 12.6. The van der Waals surface area contributed by atoms with Gasteiger partial charge in [0.25, 0.3) is 0 Å². The number of benzene rings is 1. The van der Waals surface area contributed by atoms with E-state index >= 15 is 0 Å². The molecule has 132 valence electrons. The van der Waals surface area contributed by atoms with Gasteiger partial charge in [-0.15, -0.1) is 0 Å². The van der Waals surface area contributed by atoms with Crippen molar-refractivity contribution in [1.29, 1.82) is 0 Å². The fourth-order valence-electron chi connectivity index (χ4n) is 3.05. The van der Waals surface area contributed by atoms with Crippen molar-refractivity contribution in [3.05, 3.63) is 53.3 Å². The van der Waals surface area contributed by atoms with E-state index in [4.69, 9.17) is 9.47 Å². The second-order valence-corrected chi connectivity index (χ2v) is 6.62. The minimum atomic E-state index is -0.833. The molecule has 0 aliphatic carbocycles. The first-order chi connectivity index (χ1) is 12.0. The van der Waals surface area contributed by atoms with Crippen LogP contribution in [0.25, 0.3) is 0 Å². The molecule has 1 saturated heterocycles. The van der Waals surface area contributed by atoms with Gasteiger partial charge in [-0.3, -0.25) is 4.68 Å². The molecule has 2 unspecified atom stereocenters.